The number of aromatic nitrogens is 4. The molecule has 1 aromatic heterocycles. The van der Waals surface area contributed by atoms with Crippen LogP contribution in [-0.2, 0) is 6.18 Å². The molecule has 8 heteroatoms. The summed E-state index contributed by atoms with van der Waals surface area (Å²) in [4.78, 5) is 0. The molecule has 0 fully saturated rings. The van der Waals surface area contributed by atoms with E-state index in [2.05, 4.69) is 20.8 Å². The van der Waals surface area contributed by atoms with Crippen LogP contribution in [0.4, 0.5) is 19.1 Å². The maximum atomic E-state index is 13.4. The summed E-state index contributed by atoms with van der Waals surface area (Å²) < 4.78 is 41.6. The molecule has 1 aliphatic rings. The van der Waals surface area contributed by atoms with Gasteiger partial charge in [0.2, 0.25) is 5.95 Å². The van der Waals surface area contributed by atoms with Crippen LogP contribution < -0.4 is 5.32 Å². The molecule has 0 saturated carbocycles. The fraction of sp³-hybridized carbons (Fsp3) is 0.118. The maximum Gasteiger partial charge on any atom is 0.417 e. The van der Waals surface area contributed by atoms with Crippen molar-refractivity contribution in [2.24, 2.45) is 0 Å². The number of fused-ring (bicyclic) bond motifs is 1. The molecular weight excluding hydrogens is 331 g/mol. The van der Waals surface area contributed by atoms with Crippen LogP contribution in [0, 0.1) is 0 Å². The van der Waals surface area contributed by atoms with Gasteiger partial charge in [-0.3, -0.25) is 0 Å². The zero-order valence-electron chi connectivity index (χ0n) is 12.8. The van der Waals surface area contributed by atoms with E-state index >= 15 is 0 Å². The highest BCUT2D eigenvalue weighted by atomic mass is 19.4. The van der Waals surface area contributed by atoms with Crippen molar-refractivity contribution in [3.8, 4) is 0 Å². The SMILES string of the molecule is FC(F)(F)c1ccccc1C1=CC(c2ccccc2)n2nnnc2N1. The molecule has 0 saturated heterocycles. The molecule has 2 aromatic carbocycles. The molecule has 0 bridgehead atoms. The van der Waals surface area contributed by atoms with Gasteiger partial charge in [0.1, 0.15) is 6.04 Å². The number of hydrogen-bond donors (Lipinski definition) is 1. The van der Waals surface area contributed by atoms with Crippen LogP contribution >= 0.6 is 0 Å². The Morgan fingerprint density at radius 2 is 1.68 bits per heavy atom. The van der Waals surface area contributed by atoms with Gasteiger partial charge < -0.3 is 5.32 Å². The molecule has 1 N–H and O–H groups in total. The van der Waals surface area contributed by atoms with Crippen molar-refractivity contribution in [3.05, 3.63) is 77.4 Å². The molecule has 1 atom stereocenters. The Hall–Kier alpha value is -3.16. The summed E-state index contributed by atoms with van der Waals surface area (Å²) in [5.74, 6) is 0.295. The molecule has 2 heterocycles. The summed E-state index contributed by atoms with van der Waals surface area (Å²) in [6.07, 6.45) is -2.76. The standard InChI is InChI=1S/C17H12F3N5/c18-17(19,20)13-9-5-4-8-12(13)14-10-15(11-6-2-1-3-7-11)25-16(21-14)22-23-24-25/h1-10,15H,(H,21,22,24). The third-order valence-electron chi connectivity index (χ3n) is 3.99. The Morgan fingerprint density at radius 3 is 2.44 bits per heavy atom. The lowest BCUT2D eigenvalue weighted by atomic mass is 9.98. The van der Waals surface area contributed by atoms with Crippen LogP contribution in [0.1, 0.15) is 22.7 Å². The highest BCUT2D eigenvalue weighted by Crippen LogP contribution is 2.38. The number of hydrogen-bond acceptors (Lipinski definition) is 4. The third kappa shape index (κ3) is 2.75. The van der Waals surface area contributed by atoms with Gasteiger partial charge in [-0.15, -0.1) is 0 Å². The number of halogens is 3. The summed E-state index contributed by atoms with van der Waals surface area (Å²) in [6.45, 7) is 0. The largest absolute Gasteiger partial charge is 0.417 e. The van der Waals surface area contributed by atoms with E-state index in [4.69, 9.17) is 0 Å². The number of anilines is 1. The molecule has 1 aliphatic heterocycles. The fourth-order valence-electron chi connectivity index (χ4n) is 2.86. The normalized spacial score (nSPS) is 16.8. The lowest BCUT2D eigenvalue weighted by Crippen LogP contribution is -2.21. The smallest absolute Gasteiger partial charge is 0.323 e. The molecule has 126 valence electrons. The molecular formula is C17H12F3N5. The number of alkyl halides is 3. The van der Waals surface area contributed by atoms with Crippen molar-refractivity contribution < 1.29 is 13.2 Å². The van der Waals surface area contributed by atoms with E-state index in [9.17, 15) is 13.2 Å². The van der Waals surface area contributed by atoms with E-state index in [0.717, 1.165) is 11.6 Å². The van der Waals surface area contributed by atoms with Gasteiger partial charge in [-0.25, -0.2) is 0 Å². The number of tetrazole rings is 1. The Bertz CT molecular complexity index is 931. The van der Waals surface area contributed by atoms with Crippen LogP contribution in [-0.4, -0.2) is 20.2 Å². The first kappa shape index (κ1) is 15.4. The first-order chi connectivity index (χ1) is 12.0. The van der Waals surface area contributed by atoms with Gasteiger partial charge in [-0.05, 0) is 28.1 Å². The minimum Gasteiger partial charge on any atom is -0.323 e. The van der Waals surface area contributed by atoms with Crippen molar-refractivity contribution in [2.45, 2.75) is 12.2 Å². The monoisotopic (exact) mass is 343 g/mol. The lowest BCUT2D eigenvalue weighted by molar-refractivity contribution is -0.137. The first-order valence-electron chi connectivity index (χ1n) is 7.52. The molecule has 4 rings (SSSR count). The number of benzene rings is 2. The Labute approximate surface area is 140 Å². The summed E-state index contributed by atoms with van der Waals surface area (Å²) in [7, 11) is 0. The third-order valence-corrected chi connectivity index (χ3v) is 3.99. The van der Waals surface area contributed by atoms with Gasteiger partial charge in [0.15, 0.2) is 0 Å². The van der Waals surface area contributed by atoms with Gasteiger partial charge >= 0.3 is 6.18 Å². The molecule has 0 amide bonds. The van der Waals surface area contributed by atoms with Gasteiger partial charge in [0, 0.05) is 11.3 Å². The Morgan fingerprint density at radius 1 is 0.960 bits per heavy atom. The van der Waals surface area contributed by atoms with E-state index in [1.807, 2.05) is 30.3 Å². The van der Waals surface area contributed by atoms with Crippen molar-refractivity contribution in [3.63, 3.8) is 0 Å². The minimum absolute atomic E-state index is 0.0604. The highest BCUT2D eigenvalue weighted by molar-refractivity contribution is 5.78. The molecule has 25 heavy (non-hydrogen) atoms. The number of allylic oxidation sites excluding steroid dienone is 1. The Balaban J connectivity index is 1.86. The topological polar surface area (TPSA) is 55.6 Å². The second kappa shape index (κ2) is 5.73. The first-order valence-corrected chi connectivity index (χ1v) is 7.52. The zero-order valence-corrected chi connectivity index (χ0v) is 12.8. The second-order valence-electron chi connectivity index (χ2n) is 5.55. The summed E-state index contributed by atoms with van der Waals surface area (Å²) in [5.41, 5.74) is 0.551. The Kier molecular flexibility index (Phi) is 3.52. The molecule has 0 spiro atoms. The van der Waals surface area contributed by atoms with Crippen molar-refractivity contribution in [1.82, 2.24) is 20.2 Å². The summed E-state index contributed by atoms with van der Waals surface area (Å²) in [5, 5.41) is 14.3. The molecule has 1 unspecified atom stereocenters. The van der Waals surface area contributed by atoms with Gasteiger partial charge in [0.25, 0.3) is 0 Å². The molecule has 0 aliphatic carbocycles. The van der Waals surface area contributed by atoms with E-state index in [1.54, 1.807) is 12.1 Å². The van der Waals surface area contributed by atoms with Crippen LogP contribution in [0.3, 0.4) is 0 Å². The quantitative estimate of drug-likeness (QED) is 0.770. The highest BCUT2D eigenvalue weighted by Gasteiger charge is 2.35. The van der Waals surface area contributed by atoms with E-state index in [1.165, 1.54) is 16.8 Å². The predicted octanol–water partition coefficient (Wildman–Crippen LogP) is 3.75. The summed E-state index contributed by atoms with van der Waals surface area (Å²) >= 11 is 0. The van der Waals surface area contributed by atoms with Gasteiger partial charge in [-0.2, -0.15) is 17.9 Å². The van der Waals surface area contributed by atoms with Crippen molar-refractivity contribution in [1.29, 1.82) is 0 Å². The van der Waals surface area contributed by atoms with Gasteiger partial charge in [0.05, 0.1) is 5.56 Å². The average Bonchev–Trinajstić information content (AvgIpc) is 3.09. The van der Waals surface area contributed by atoms with E-state index < -0.39 is 17.8 Å². The van der Waals surface area contributed by atoms with Crippen molar-refractivity contribution in [2.75, 3.05) is 5.32 Å². The van der Waals surface area contributed by atoms with Crippen molar-refractivity contribution >= 4 is 11.6 Å². The van der Waals surface area contributed by atoms with Crippen LogP contribution in [0.2, 0.25) is 0 Å². The van der Waals surface area contributed by atoms with Gasteiger partial charge in [-0.1, -0.05) is 53.6 Å². The second-order valence-corrected chi connectivity index (χ2v) is 5.55. The summed E-state index contributed by atoms with van der Waals surface area (Å²) in [6, 6.07) is 14.4. The maximum absolute atomic E-state index is 13.4. The minimum atomic E-state index is -4.45. The molecule has 5 nitrogen and oxygen atoms in total. The molecule has 0 radical (unpaired) electrons. The number of nitrogens with one attached hydrogen (secondary N) is 1. The molecule has 3 aromatic rings. The zero-order chi connectivity index (χ0) is 17.4. The lowest BCUT2D eigenvalue weighted by Gasteiger charge is -2.25. The average molecular weight is 343 g/mol. The fourth-order valence-corrected chi connectivity index (χ4v) is 2.86. The number of rotatable bonds is 2. The van der Waals surface area contributed by atoms with Crippen LogP contribution in [0.15, 0.2) is 60.7 Å². The number of nitrogens with zero attached hydrogens (tertiary/aromatic N) is 4. The van der Waals surface area contributed by atoms with E-state index in [0.29, 0.717) is 11.6 Å². The predicted molar refractivity (Wildman–Crippen MR) is 85.4 cm³/mol. The van der Waals surface area contributed by atoms with Crippen LogP contribution in [0.5, 0.6) is 0 Å². The van der Waals surface area contributed by atoms with Crippen LogP contribution in [0.25, 0.3) is 5.70 Å². The van der Waals surface area contributed by atoms with E-state index in [-0.39, 0.29) is 5.56 Å².